The van der Waals surface area contributed by atoms with E-state index < -0.39 is 39.0 Å². The number of rotatable bonds is 4. The Balaban J connectivity index is 1.85. The van der Waals surface area contributed by atoms with E-state index in [-0.39, 0.29) is 5.82 Å². The first-order valence-corrected chi connectivity index (χ1v) is 8.09. The number of aliphatic hydroxyl groups is 2. The van der Waals surface area contributed by atoms with Gasteiger partial charge in [-0.1, -0.05) is 0 Å². The number of phosphoric acid groups is 1. The molecule has 12 heteroatoms. The van der Waals surface area contributed by atoms with Crippen molar-refractivity contribution in [3.05, 3.63) is 18.6 Å². The fraction of sp³-hybridized carbons (Fsp3) is 0.455. The van der Waals surface area contributed by atoms with E-state index in [4.69, 9.17) is 20.3 Å². The highest BCUT2D eigenvalue weighted by Crippen LogP contribution is 2.39. The van der Waals surface area contributed by atoms with Gasteiger partial charge in [-0.25, -0.2) is 14.5 Å². The van der Waals surface area contributed by atoms with Crippen LogP contribution in [-0.4, -0.2) is 59.5 Å². The molecule has 1 aliphatic rings. The number of phosphoric ester groups is 1. The molecule has 2 aromatic rings. The first-order chi connectivity index (χ1) is 10.8. The van der Waals surface area contributed by atoms with Crippen LogP contribution in [0.15, 0.2) is 18.6 Å². The molecule has 0 radical (unpaired) electrons. The fourth-order valence-corrected chi connectivity index (χ4v) is 2.80. The lowest BCUT2D eigenvalue weighted by Crippen LogP contribution is -2.33. The molecule has 0 aromatic carbocycles. The molecule has 1 saturated heterocycles. The molecule has 23 heavy (non-hydrogen) atoms. The first-order valence-electron chi connectivity index (χ1n) is 6.56. The number of aromatic nitrogens is 3. The number of hydrogen-bond acceptors (Lipinski definition) is 8. The van der Waals surface area contributed by atoms with Crippen molar-refractivity contribution in [2.24, 2.45) is 0 Å². The van der Waals surface area contributed by atoms with Crippen molar-refractivity contribution in [3.8, 4) is 0 Å². The Morgan fingerprint density at radius 2 is 2.09 bits per heavy atom. The zero-order valence-corrected chi connectivity index (χ0v) is 12.5. The molecule has 4 atom stereocenters. The second-order valence-electron chi connectivity index (χ2n) is 5.05. The highest BCUT2D eigenvalue weighted by Gasteiger charge is 2.44. The molecular weight excluding hydrogens is 331 g/mol. The molecule has 0 spiro atoms. The lowest BCUT2D eigenvalue weighted by molar-refractivity contribution is -0.0501. The molecule has 126 valence electrons. The van der Waals surface area contributed by atoms with Crippen LogP contribution >= 0.6 is 7.82 Å². The standard InChI is InChI=1S/C11H15N4O7P/c12-9-5-1-2-15(10(5)14-4-13-9)11-8(17)7(16)6(22-11)3-21-23(18,19)20/h1-2,4,6-8,11,16-17H,3H2,(H2,12,13,14)(H2,18,19,20)/t6-,7+,8?,11-/m1/s1. The molecule has 6 N–H and O–H groups in total. The topological polar surface area (TPSA) is 173 Å². The maximum Gasteiger partial charge on any atom is 0.469 e. The van der Waals surface area contributed by atoms with Crippen LogP contribution in [0.2, 0.25) is 0 Å². The Bertz CT molecular complexity index is 762. The van der Waals surface area contributed by atoms with Crippen molar-refractivity contribution in [3.63, 3.8) is 0 Å². The van der Waals surface area contributed by atoms with Crippen LogP contribution in [0.3, 0.4) is 0 Å². The molecule has 0 amide bonds. The number of nitrogens with two attached hydrogens (primary N) is 1. The average molecular weight is 346 g/mol. The van der Waals surface area contributed by atoms with Gasteiger partial charge in [0.05, 0.1) is 12.0 Å². The lowest BCUT2D eigenvalue weighted by Gasteiger charge is -2.17. The van der Waals surface area contributed by atoms with Gasteiger partial charge in [0.2, 0.25) is 0 Å². The van der Waals surface area contributed by atoms with Gasteiger partial charge < -0.3 is 35.0 Å². The van der Waals surface area contributed by atoms with Gasteiger partial charge in [-0.15, -0.1) is 0 Å². The summed E-state index contributed by atoms with van der Waals surface area (Å²) in [5.74, 6) is 0.253. The van der Waals surface area contributed by atoms with Crippen molar-refractivity contribution >= 4 is 24.7 Å². The summed E-state index contributed by atoms with van der Waals surface area (Å²) in [4.78, 5) is 25.3. The fourth-order valence-electron chi connectivity index (χ4n) is 2.46. The minimum Gasteiger partial charge on any atom is -0.387 e. The van der Waals surface area contributed by atoms with Gasteiger partial charge in [0, 0.05) is 6.20 Å². The Morgan fingerprint density at radius 1 is 1.35 bits per heavy atom. The summed E-state index contributed by atoms with van der Waals surface area (Å²) >= 11 is 0. The summed E-state index contributed by atoms with van der Waals surface area (Å²) in [6, 6.07) is 1.63. The van der Waals surface area contributed by atoms with Crippen molar-refractivity contribution in [1.82, 2.24) is 14.5 Å². The van der Waals surface area contributed by atoms with Gasteiger partial charge in [0.15, 0.2) is 6.23 Å². The smallest absolute Gasteiger partial charge is 0.387 e. The van der Waals surface area contributed by atoms with Crippen LogP contribution in [0.25, 0.3) is 11.0 Å². The van der Waals surface area contributed by atoms with Gasteiger partial charge in [-0.2, -0.15) is 0 Å². The molecule has 0 bridgehead atoms. The van der Waals surface area contributed by atoms with E-state index in [1.807, 2.05) is 0 Å². The van der Waals surface area contributed by atoms with Crippen LogP contribution in [0.5, 0.6) is 0 Å². The Hall–Kier alpha value is -1.59. The Morgan fingerprint density at radius 3 is 2.78 bits per heavy atom. The number of nitrogens with zero attached hydrogens (tertiary/aromatic N) is 3. The number of nitrogen functional groups attached to an aromatic ring is 1. The molecule has 3 heterocycles. The highest BCUT2D eigenvalue weighted by molar-refractivity contribution is 7.46. The third-order valence-corrected chi connectivity index (χ3v) is 4.04. The quantitative estimate of drug-likeness (QED) is 0.420. The monoisotopic (exact) mass is 346 g/mol. The van der Waals surface area contributed by atoms with Gasteiger partial charge >= 0.3 is 7.82 Å². The summed E-state index contributed by atoms with van der Waals surface area (Å²) in [5.41, 5.74) is 6.12. The summed E-state index contributed by atoms with van der Waals surface area (Å²) in [6.45, 7) is -0.574. The first kappa shape index (κ1) is 16.3. The van der Waals surface area contributed by atoms with Crippen molar-refractivity contribution < 1.29 is 33.8 Å². The number of anilines is 1. The Kier molecular flexibility index (Phi) is 4.10. The third-order valence-electron chi connectivity index (χ3n) is 3.56. The number of hydrogen-bond donors (Lipinski definition) is 5. The van der Waals surface area contributed by atoms with E-state index in [1.54, 1.807) is 12.3 Å². The third kappa shape index (κ3) is 3.08. The maximum atomic E-state index is 10.7. The number of aliphatic hydroxyl groups excluding tert-OH is 2. The lowest BCUT2D eigenvalue weighted by atomic mass is 10.1. The minimum absolute atomic E-state index is 0.253. The average Bonchev–Trinajstić information content (AvgIpc) is 3.01. The van der Waals surface area contributed by atoms with E-state index in [9.17, 15) is 14.8 Å². The van der Waals surface area contributed by atoms with Crippen LogP contribution in [-0.2, 0) is 13.8 Å². The maximum absolute atomic E-state index is 10.7. The highest BCUT2D eigenvalue weighted by atomic mass is 31.2. The number of ether oxygens (including phenoxy) is 1. The SMILES string of the molecule is Nc1ncnc2c1ccn2[C@@H]1O[C@H](COP(=O)(O)O)[C@H](O)C1O. The minimum atomic E-state index is -4.71. The predicted octanol–water partition coefficient (Wildman–Crippen LogP) is -1.26. The summed E-state index contributed by atoms with van der Waals surface area (Å²) in [7, 11) is -4.71. The summed E-state index contributed by atoms with van der Waals surface area (Å²) in [5, 5.41) is 20.7. The second kappa shape index (κ2) is 5.80. The van der Waals surface area contributed by atoms with Gasteiger partial charge in [-0.3, -0.25) is 4.52 Å². The van der Waals surface area contributed by atoms with E-state index in [0.717, 1.165) is 0 Å². The van der Waals surface area contributed by atoms with Crippen molar-refractivity contribution in [1.29, 1.82) is 0 Å². The predicted molar refractivity (Wildman–Crippen MR) is 75.9 cm³/mol. The van der Waals surface area contributed by atoms with Crippen molar-refractivity contribution in [2.45, 2.75) is 24.5 Å². The van der Waals surface area contributed by atoms with Crippen LogP contribution < -0.4 is 5.73 Å². The largest absolute Gasteiger partial charge is 0.469 e. The molecule has 3 rings (SSSR count). The van der Waals surface area contributed by atoms with Gasteiger partial charge in [-0.05, 0) is 6.07 Å². The molecule has 1 unspecified atom stereocenters. The normalized spacial score (nSPS) is 28.5. The van der Waals surface area contributed by atoms with Crippen molar-refractivity contribution in [2.75, 3.05) is 12.3 Å². The second-order valence-corrected chi connectivity index (χ2v) is 6.29. The van der Waals surface area contributed by atoms with Crippen LogP contribution in [0.1, 0.15) is 6.23 Å². The summed E-state index contributed by atoms with van der Waals surface area (Å²) in [6.07, 6.45) is -2.04. The van der Waals surface area contributed by atoms with Gasteiger partial charge in [0.1, 0.15) is 36.1 Å². The van der Waals surface area contributed by atoms with E-state index in [0.29, 0.717) is 11.0 Å². The molecule has 1 fully saturated rings. The molecule has 0 saturated carbocycles. The van der Waals surface area contributed by atoms with Crippen LogP contribution in [0, 0.1) is 0 Å². The zero-order valence-electron chi connectivity index (χ0n) is 11.6. The number of fused-ring (bicyclic) bond motifs is 1. The van der Waals surface area contributed by atoms with E-state index >= 15 is 0 Å². The molecule has 11 nitrogen and oxygen atoms in total. The molecule has 0 aliphatic carbocycles. The summed E-state index contributed by atoms with van der Waals surface area (Å²) < 4.78 is 22.0. The van der Waals surface area contributed by atoms with Gasteiger partial charge in [0.25, 0.3) is 0 Å². The zero-order chi connectivity index (χ0) is 16.8. The van der Waals surface area contributed by atoms with E-state index in [2.05, 4.69) is 14.5 Å². The molecule has 2 aromatic heterocycles. The molecular formula is C11H15N4O7P. The Labute approximate surface area is 129 Å². The van der Waals surface area contributed by atoms with E-state index in [1.165, 1.54) is 10.9 Å². The molecule has 1 aliphatic heterocycles. The van der Waals surface area contributed by atoms with Crippen LogP contribution in [0.4, 0.5) is 5.82 Å².